The van der Waals surface area contributed by atoms with E-state index in [4.69, 9.17) is 5.11 Å². The monoisotopic (exact) mass is 280 g/mol. The molecule has 0 aromatic heterocycles. The highest BCUT2D eigenvalue weighted by atomic mass is 16.3. The molecule has 0 spiro atoms. The fourth-order valence-corrected chi connectivity index (χ4v) is 1.98. The molecule has 0 aliphatic carbocycles. The van der Waals surface area contributed by atoms with Crippen molar-refractivity contribution < 1.29 is 15.0 Å². The van der Waals surface area contributed by atoms with Crippen molar-refractivity contribution in [2.75, 3.05) is 24.6 Å². The lowest BCUT2D eigenvalue weighted by atomic mass is 10.1. The standard InChI is InChI=1S/C15H24N2O3/c1-4-17(5-2)13-8-6-12(7-9-13)15(20)16-14(10-18)11(3)19/h6-9,11,14,18-19H,4-5,10H2,1-3H3,(H,16,20)/t11-,14+/m1/s1. The Morgan fingerprint density at radius 2 is 1.80 bits per heavy atom. The predicted octanol–water partition coefficient (Wildman–Crippen LogP) is 1.00. The average Bonchev–Trinajstić information content (AvgIpc) is 2.46. The number of nitrogens with one attached hydrogen (secondary N) is 1. The minimum atomic E-state index is -0.793. The number of hydrogen-bond acceptors (Lipinski definition) is 4. The van der Waals surface area contributed by atoms with Gasteiger partial charge in [0, 0.05) is 24.3 Å². The van der Waals surface area contributed by atoms with E-state index >= 15 is 0 Å². The zero-order valence-corrected chi connectivity index (χ0v) is 12.3. The van der Waals surface area contributed by atoms with Crippen LogP contribution in [0.5, 0.6) is 0 Å². The first-order chi connectivity index (χ1) is 9.53. The second-order valence-corrected chi connectivity index (χ2v) is 4.72. The van der Waals surface area contributed by atoms with E-state index in [1.807, 2.05) is 12.1 Å². The van der Waals surface area contributed by atoms with Gasteiger partial charge in [-0.15, -0.1) is 0 Å². The van der Waals surface area contributed by atoms with Crippen molar-refractivity contribution in [1.29, 1.82) is 0 Å². The molecule has 0 aliphatic rings. The first kappa shape index (κ1) is 16.5. The molecule has 5 nitrogen and oxygen atoms in total. The van der Waals surface area contributed by atoms with E-state index in [2.05, 4.69) is 24.1 Å². The molecule has 5 heteroatoms. The molecule has 1 rings (SSSR count). The van der Waals surface area contributed by atoms with Crippen molar-refractivity contribution in [3.05, 3.63) is 29.8 Å². The van der Waals surface area contributed by atoms with Gasteiger partial charge in [0.25, 0.3) is 5.91 Å². The topological polar surface area (TPSA) is 72.8 Å². The molecule has 2 atom stereocenters. The van der Waals surface area contributed by atoms with E-state index in [1.165, 1.54) is 6.92 Å². The number of rotatable bonds is 7. The molecule has 20 heavy (non-hydrogen) atoms. The van der Waals surface area contributed by atoms with Crippen LogP contribution >= 0.6 is 0 Å². The largest absolute Gasteiger partial charge is 0.394 e. The molecule has 0 radical (unpaired) electrons. The summed E-state index contributed by atoms with van der Waals surface area (Å²) in [4.78, 5) is 14.2. The molecule has 112 valence electrons. The smallest absolute Gasteiger partial charge is 0.251 e. The summed E-state index contributed by atoms with van der Waals surface area (Å²) in [5.74, 6) is -0.295. The molecular formula is C15H24N2O3. The Bertz CT molecular complexity index is 414. The maximum atomic E-state index is 12.0. The van der Waals surface area contributed by atoms with Crippen LogP contribution in [-0.2, 0) is 0 Å². The van der Waals surface area contributed by atoms with Crippen molar-refractivity contribution in [2.24, 2.45) is 0 Å². The number of aliphatic hydroxyl groups is 2. The Kier molecular flexibility index (Phi) is 6.48. The summed E-state index contributed by atoms with van der Waals surface area (Å²) in [5, 5.41) is 21.1. The third-order valence-electron chi connectivity index (χ3n) is 3.35. The molecule has 3 N–H and O–H groups in total. The number of anilines is 1. The van der Waals surface area contributed by atoms with E-state index in [0.29, 0.717) is 5.56 Å². The number of nitrogens with zero attached hydrogens (tertiary/aromatic N) is 1. The minimum Gasteiger partial charge on any atom is -0.394 e. The molecular weight excluding hydrogens is 256 g/mol. The van der Waals surface area contributed by atoms with E-state index < -0.39 is 12.1 Å². The lowest BCUT2D eigenvalue weighted by Gasteiger charge is -2.22. The molecule has 0 heterocycles. The van der Waals surface area contributed by atoms with E-state index in [0.717, 1.165) is 18.8 Å². The van der Waals surface area contributed by atoms with Crippen molar-refractivity contribution in [2.45, 2.75) is 32.9 Å². The van der Waals surface area contributed by atoms with Crippen LogP contribution in [0.1, 0.15) is 31.1 Å². The molecule has 0 bridgehead atoms. The second-order valence-electron chi connectivity index (χ2n) is 4.72. The summed E-state index contributed by atoms with van der Waals surface area (Å²) < 4.78 is 0. The highest BCUT2D eigenvalue weighted by Gasteiger charge is 2.17. The minimum absolute atomic E-state index is 0.291. The van der Waals surface area contributed by atoms with Gasteiger partial charge in [-0.2, -0.15) is 0 Å². The molecule has 0 saturated heterocycles. The third kappa shape index (κ3) is 4.21. The fourth-order valence-electron chi connectivity index (χ4n) is 1.98. The molecule has 1 amide bonds. The van der Waals surface area contributed by atoms with Crippen LogP contribution in [-0.4, -0.2) is 48.0 Å². The summed E-state index contributed by atoms with van der Waals surface area (Å²) in [7, 11) is 0. The zero-order chi connectivity index (χ0) is 15.1. The van der Waals surface area contributed by atoms with Crippen LogP contribution < -0.4 is 10.2 Å². The quantitative estimate of drug-likeness (QED) is 0.697. The van der Waals surface area contributed by atoms with Gasteiger partial charge >= 0.3 is 0 Å². The molecule has 0 unspecified atom stereocenters. The molecule has 0 aliphatic heterocycles. The van der Waals surface area contributed by atoms with Crippen LogP contribution in [0.3, 0.4) is 0 Å². The average molecular weight is 280 g/mol. The van der Waals surface area contributed by atoms with E-state index in [9.17, 15) is 9.90 Å². The summed E-state index contributed by atoms with van der Waals surface area (Å²) >= 11 is 0. The second kappa shape index (κ2) is 7.87. The van der Waals surface area contributed by atoms with Crippen molar-refractivity contribution >= 4 is 11.6 Å². The van der Waals surface area contributed by atoms with Crippen LogP contribution in [0, 0.1) is 0 Å². The van der Waals surface area contributed by atoms with Crippen LogP contribution in [0.4, 0.5) is 5.69 Å². The van der Waals surface area contributed by atoms with E-state index in [1.54, 1.807) is 12.1 Å². The van der Waals surface area contributed by atoms with Gasteiger partial charge in [-0.3, -0.25) is 4.79 Å². The number of amides is 1. The molecule has 0 fully saturated rings. The number of hydrogen-bond donors (Lipinski definition) is 3. The zero-order valence-electron chi connectivity index (χ0n) is 12.3. The first-order valence-electron chi connectivity index (χ1n) is 6.98. The summed E-state index contributed by atoms with van der Waals surface area (Å²) in [5.41, 5.74) is 1.58. The third-order valence-corrected chi connectivity index (χ3v) is 3.35. The summed E-state index contributed by atoms with van der Waals surface area (Å²) in [6.07, 6.45) is -0.793. The lowest BCUT2D eigenvalue weighted by Crippen LogP contribution is -2.44. The SMILES string of the molecule is CCN(CC)c1ccc(C(=O)N[C@@H](CO)[C@@H](C)O)cc1. The molecule has 1 aromatic carbocycles. The number of carbonyl (C=O) groups is 1. The summed E-state index contributed by atoms with van der Waals surface area (Å²) in [6, 6.07) is 6.65. The van der Waals surface area contributed by atoms with Gasteiger partial charge in [-0.25, -0.2) is 0 Å². The normalized spacial score (nSPS) is 13.7. The van der Waals surface area contributed by atoms with Crippen LogP contribution in [0.2, 0.25) is 0 Å². The van der Waals surface area contributed by atoms with Gasteiger partial charge in [-0.1, -0.05) is 0 Å². The predicted molar refractivity (Wildman–Crippen MR) is 80.0 cm³/mol. The Morgan fingerprint density at radius 1 is 1.25 bits per heavy atom. The van der Waals surface area contributed by atoms with Gasteiger partial charge in [0.05, 0.1) is 18.8 Å². The highest BCUT2D eigenvalue weighted by molar-refractivity contribution is 5.94. The summed E-state index contributed by atoms with van der Waals surface area (Å²) in [6.45, 7) is 7.23. The Balaban J connectivity index is 2.75. The Hall–Kier alpha value is -1.59. The van der Waals surface area contributed by atoms with Gasteiger partial charge in [0.1, 0.15) is 0 Å². The van der Waals surface area contributed by atoms with Crippen molar-refractivity contribution in [1.82, 2.24) is 5.32 Å². The lowest BCUT2D eigenvalue weighted by molar-refractivity contribution is 0.0758. The van der Waals surface area contributed by atoms with Crippen molar-refractivity contribution in [3.8, 4) is 0 Å². The molecule has 1 aromatic rings. The van der Waals surface area contributed by atoms with Gasteiger partial charge < -0.3 is 20.4 Å². The number of carbonyl (C=O) groups excluding carboxylic acids is 1. The Morgan fingerprint density at radius 3 is 2.20 bits per heavy atom. The highest BCUT2D eigenvalue weighted by Crippen LogP contribution is 2.15. The van der Waals surface area contributed by atoms with Crippen molar-refractivity contribution in [3.63, 3.8) is 0 Å². The maximum Gasteiger partial charge on any atom is 0.251 e. The van der Waals surface area contributed by atoms with Crippen LogP contribution in [0.15, 0.2) is 24.3 Å². The fraction of sp³-hybridized carbons (Fsp3) is 0.533. The van der Waals surface area contributed by atoms with Gasteiger partial charge in [0.2, 0.25) is 0 Å². The van der Waals surface area contributed by atoms with Gasteiger partial charge in [0.15, 0.2) is 0 Å². The number of aliphatic hydroxyl groups excluding tert-OH is 2. The number of benzene rings is 1. The first-order valence-corrected chi connectivity index (χ1v) is 6.98. The maximum absolute atomic E-state index is 12.0. The van der Waals surface area contributed by atoms with E-state index in [-0.39, 0.29) is 12.5 Å². The molecule has 0 saturated carbocycles. The van der Waals surface area contributed by atoms with Gasteiger partial charge in [-0.05, 0) is 45.0 Å². The Labute approximate surface area is 120 Å². The van der Waals surface area contributed by atoms with Crippen LogP contribution in [0.25, 0.3) is 0 Å².